The average Bonchev–Trinajstić information content (AvgIpc) is 3.35. The summed E-state index contributed by atoms with van der Waals surface area (Å²) in [6.45, 7) is 4.54. The number of carbonyl (C=O) groups excluding carboxylic acids is 1. The highest BCUT2D eigenvalue weighted by molar-refractivity contribution is 5.90. The number of hydrogen-bond acceptors (Lipinski definition) is 5. The molecule has 8 heteroatoms. The molecule has 0 radical (unpaired) electrons. The van der Waals surface area contributed by atoms with Crippen LogP contribution in [0.2, 0.25) is 0 Å². The quantitative estimate of drug-likeness (QED) is 0.693. The van der Waals surface area contributed by atoms with Crippen molar-refractivity contribution in [3.63, 3.8) is 0 Å². The molecule has 1 aromatic rings. The van der Waals surface area contributed by atoms with Crippen molar-refractivity contribution in [1.82, 2.24) is 20.2 Å². The van der Waals surface area contributed by atoms with Gasteiger partial charge in [0.05, 0.1) is 24.1 Å². The molecule has 25 heavy (non-hydrogen) atoms. The third kappa shape index (κ3) is 4.45. The number of rotatable bonds is 7. The smallest absolute Gasteiger partial charge is 0.319 e. The lowest BCUT2D eigenvalue weighted by Gasteiger charge is -2.42. The van der Waals surface area contributed by atoms with Crippen molar-refractivity contribution in [2.75, 3.05) is 18.4 Å². The van der Waals surface area contributed by atoms with Crippen molar-refractivity contribution < 1.29 is 14.7 Å². The number of hydrogen-bond donors (Lipinski definition) is 3. The molecule has 0 atom stereocenters. The Morgan fingerprint density at radius 2 is 2.08 bits per heavy atom. The number of aliphatic carboxylic acids is 1. The monoisotopic (exact) mass is 347 g/mol. The van der Waals surface area contributed by atoms with Crippen LogP contribution in [0.3, 0.4) is 0 Å². The number of urea groups is 1. The summed E-state index contributed by atoms with van der Waals surface area (Å²) in [5.41, 5.74) is 1.61. The first kappa shape index (κ1) is 17.6. The number of nitrogens with zero attached hydrogens (tertiary/aromatic N) is 3. The van der Waals surface area contributed by atoms with Gasteiger partial charge in [0.2, 0.25) is 0 Å². The zero-order valence-corrected chi connectivity index (χ0v) is 14.7. The van der Waals surface area contributed by atoms with Crippen LogP contribution in [-0.2, 0) is 4.79 Å². The molecule has 136 valence electrons. The van der Waals surface area contributed by atoms with E-state index in [-0.39, 0.29) is 24.7 Å². The fourth-order valence-electron chi connectivity index (χ4n) is 3.27. The highest BCUT2D eigenvalue weighted by atomic mass is 16.4. The van der Waals surface area contributed by atoms with Crippen molar-refractivity contribution in [3.8, 4) is 0 Å². The molecule has 2 fully saturated rings. The van der Waals surface area contributed by atoms with Crippen LogP contribution in [0.1, 0.15) is 50.0 Å². The van der Waals surface area contributed by atoms with E-state index in [4.69, 9.17) is 5.11 Å². The molecule has 0 aliphatic heterocycles. The molecule has 2 amide bonds. The van der Waals surface area contributed by atoms with Crippen LogP contribution in [0, 0.1) is 6.92 Å². The predicted octanol–water partition coefficient (Wildman–Crippen LogP) is 1.72. The van der Waals surface area contributed by atoms with Gasteiger partial charge in [0.1, 0.15) is 5.82 Å². The molecule has 2 saturated carbocycles. The zero-order chi connectivity index (χ0) is 18.0. The molecule has 0 spiro atoms. The first-order chi connectivity index (χ1) is 12.0. The number of nitrogens with one attached hydrogen (secondary N) is 2. The molecule has 1 aromatic heterocycles. The SMILES string of the molecule is CCN(CC(=O)O)C1CC(NC(=O)Nc2cnc(C)nc2C2CC2)C1. The maximum absolute atomic E-state index is 12.2. The average molecular weight is 347 g/mol. The van der Waals surface area contributed by atoms with Gasteiger partial charge in [-0.3, -0.25) is 9.69 Å². The molecular formula is C17H25N5O3. The van der Waals surface area contributed by atoms with Gasteiger partial charge in [-0.2, -0.15) is 0 Å². The fourth-order valence-corrected chi connectivity index (χ4v) is 3.27. The lowest BCUT2D eigenvalue weighted by Crippen LogP contribution is -2.55. The second-order valence-electron chi connectivity index (χ2n) is 6.87. The molecule has 0 saturated heterocycles. The molecular weight excluding hydrogens is 322 g/mol. The molecule has 3 N–H and O–H groups in total. The minimum absolute atomic E-state index is 0.0472. The Labute approximate surface area is 147 Å². The van der Waals surface area contributed by atoms with Crippen LogP contribution in [-0.4, -0.2) is 57.1 Å². The number of carbonyl (C=O) groups is 2. The zero-order valence-electron chi connectivity index (χ0n) is 14.7. The third-order valence-electron chi connectivity index (χ3n) is 4.86. The highest BCUT2D eigenvalue weighted by Crippen LogP contribution is 2.42. The van der Waals surface area contributed by atoms with Crippen molar-refractivity contribution >= 4 is 17.7 Å². The van der Waals surface area contributed by atoms with Gasteiger partial charge in [-0.25, -0.2) is 14.8 Å². The van der Waals surface area contributed by atoms with Gasteiger partial charge in [0, 0.05) is 18.0 Å². The van der Waals surface area contributed by atoms with E-state index in [9.17, 15) is 9.59 Å². The van der Waals surface area contributed by atoms with E-state index in [1.54, 1.807) is 6.20 Å². The number of likely N-dealkylation sites (N-methyl/N-ethyl adjacent to an activating group) is 1. The second-order valence-corrected chi connectivity index (χ2v) is 6.87. The van der Waals surface area contributed by atoms with E-state index in [0.717, 1.165) is 31.4 Å². The number of anilines is 1. The van der Waals surface area contributed by atoms with Crippen LogP contribution in [0.4, 0.5) is 10.5 Å². The topological polar surface area (TPSA) is 107 Å². The number of carboxylic acid groups (broad SMARTS) is 1. The summed E-state index contributed by atoms with van der Waals surface area (Å²) in [5.74, 6) is 0.329. The Kier molecular flexibility index (Phi) is 5.17. The van der Waals surface area contributed by atoms with Crippen LogP contribution in [0.15, 0.2) is 6.20 Å². The molecule has 1 heterocycles. The van der Waals surface area contributed by atoms with E-state index in [1.807, 2.05) is 18.7 Å². The van der Waals surface area contributed by atoms with Crippen molar-refractivity contribution in [2.24, 2.45) is 0 Å². The predicted molar refractivity (Wildman–Crippen MR) is 92.6 cm³/mol. The van der Waals surface area contributed by atoms with Gasteiger partial charge in [-0.15, -0.1) is 0 Å². The molecule has 2 aliphatic carbocycles. The molecule has 3 rings (SSSR count). The van der Waals surface area contributed by atoms with Gasteiger partial charge in [0.15, 0.2) is 0 Å². The lowest BCUT2D eigenvalue weighted by molar-refractivity contribution is -0.139. The van der Waals surface area contributed by atoms with Crippen molar-refractivity contribution in [3.05, 3.63) is 17.7 Å². The maximum atomic E-state index is 12.2. The summed E-state index contributed by atoms with van der Waals surface area (Å²) < 4.78 is 0. The summed E-state index contributed by atoms with van der Waals surface area (Å²) >= 11 is 0. The maximum Gasteiger partial charge on any atom is 0.319 e. The molecule has 2 aliphatic rings. The summed E-state index contributed by atoms with van der Waals surface area (Å²) in [7, 11) is 0. The summed E-state index contributed by atoms with van der Waals surface area (Å²) in [6.07, 6.45) is 5.43. The van der Waals surface area contributed by atoms with Crippen molar-refractivity contribution in [2.45, 2.75) is 57.5 Å². The number of carboxylic acids is 1. The normalized spacial score (nSPS) is 22.4. The Morgan fingerprint density at radius 3 is 2.68 bits per heavy atom. The van der Waals surface area contributed by atoms with Gasteiger partial charge in [-0.05, 0) is 39.2 Å². The molecule has 0 bridgehead atoms. The third-order valence-corrected chi connectivity index (χ3v) is 4.86. The minimum atomic E-state index is -0.817. The van der Waals surface area contributed by atoms with E-state index in [2.05, 4.69) is 20.6 Å². The summed E-state index contributed by atoms with van der Waals surface area (Å²) in [4.78, 5) is 33.7. The molecule has 0 aromatic carbocycles. The van der Waals surface area contributed by atoms with E-state index < -0.39 is 5.97 Å². The first-order valence-electron chi connectivity index (χ1n) is 8.83. The second kappa shape index (κ2) is 7.35. The van der Waals surface area contributed by atoms with Gasteiger partial charge in [-0.1, -0.05) is 6.92 Å². The minimum Gasteiger partial charge on any atom is -0.480 e. The van der Waals surface area contributed by atoms with Gasteiger partial charge < -0.3 is 15.7 Å². The highest BCUT2D eigenvalue weighted by Gasteiger charge is 2.35. The molecule has 8 nitrogen and oxygen atoms in total. The van der Waals surface area contributed by atoms with E-state index >= 15 is 0 Å². The van der Waals surface area contributed by atoms with Crippen LogP contribution < -0.4 is 10.6 Å². The standard InChI is InChI=1S/C17H25N5O3/c1-3-22(9-15(23)24)13-6-12(7-13)20-17(25)21-14-8-18-10(2)19-16(14)11-4-5-11/h8,11-13H,3-7,9H2,1-2H3,(H,23,24)(H2,20,21,25). The Balaban J connectivity index is 1.49. The van der Waals surface area contributed by atoms with Crippen molar-refractivity contribution in [1.29, 1.82) is 0 Å². The molecule has 0 unspecified atom stereocenters. The largest absolute Gasteiger partial charge is 0.480 e. The van der Waals surface area contributed by atoms with Crippen LogP contribution in [0.5, 0.6) is 0 Å². The fraction of sp³-hybridized carbons (Fsp3) is 0.647. The summed E-state index contributed by atoms with van der Waals surface area (Å²) in [6, 6.07) is 0.0406. The lowest BCUT2D eigenvalue weighted by atomic mass is 9.85. The number of aryl methyl sites for hydroxylation is 1. The Morgan fingerprint density at radius 1 is 1.36 bits per heavy atom. The van der Waals surface area contributed by atoms with Gasteiger partial charge >= 0.3 is 12.0 Å². The van der Waals surface area contributed by atoms with Crippen LogP contribution in [0.25, 0.3) is 0 Å². The van der Waals surface area contributed by atoms with E-state index in [1.165, 1.54) is 0 Å². The van der Waals surface area contributed by atoms with E-state index in [0.29, 0.717) is 24.0 Å². The number of aromatic nitrogens is 2. The Hall–Kier alpha value is -2.22. The summed E-state index contributed by atoms with van der Waals surface area (Å²) in [5, 5.41) is 14.7. The van der Waals surface area contributed by atoms with Crippen LogP contribution >= 0.6 is 0 Å². The number of amides is 2. The Bertz CT molecular complexity index is 656. The first-order valence-corrected chi connectivity index (χ1v) is 8.83. The van der Waals surface area contributed by atoms with Gasteiger partial charge in [0.25, 0.3) is 0 Å².